The van der Waals surface area contributed by atoms with Gasteiger partial charge in [-0.15, -0.1) is 0 Å². The molecule has 0 saturated heterocycles. The maximum Gasteiger partial charge on any atom is 0.242 e. The predicted octanol–water partition coefficient (Wildman–Crippen LogP) is 6.07. The Morgan fingerprint density at radius 1 is 1.00 bits per heavy atom. The third-order valence-corrected chi connectivity index (χ3v) is 8.64. The van der Waals surface area contributed by atoms with Crippen LogP contribution in [0, 0.1) is 6.92 Å². The zero-order valence-electron chi connectivity index (χ0n) is 24.8. The lowest BCUT2D eigenvalue weighted by Gasteiger charge is -2.38. The van der Waals surface area contributed by atoms with Gasteiger partial charge < -0.3 is 25.1 Å². The van der Waals surface area contributed by atoms with Gasteiger partial charge in [0, 0.05) is 35.0 Å². The van der Waals surface area contributed by atoms with Gasteiger partial charge in [-0.1, -0.05) is 62.4 Å². The van der Waals surface area contributed by atoms with Crippen LogP contribution in [0.25, 0.3) is 10.9 Å². The number of methoxy groups -OCH3 is 1. The van der Waals surface area contributed by atoms with Crippen molar-refractivity contribution in [2.75, 3.05) is 13.7 Å². The van der Waals surface area contributed by atoms with Gasteiger partial charge in [-0.3, -0.25) is 9.59 Å². The van der Waals surface area contributed by atoms with Crippen LogP contribution in [0.4, 0.5) is 0 Å². The molecule has 1 heterocycles. The van der Waals surface area contributed by atoms with Crippen molar-refractivity contribution in [2.24, 2.45) is 0 Å². The summed E-state index contributed by atoms with van der Waals surface area (Å²) in [5, 5.41) is 7.24. The van der Waals surface area contributed by atoms with E-state index in [9.17, 15) is 14.4 Å². The number of carbonyl (C=O) groups is 3. The topological polar surface area (TPSA) is 100 Å². The Bertz CT molecular complexity index is 1320. The standard InChI is InChI=1S/C34H45N3O4/c1-24(38)13-7-4-10-16-31(33(40)35-23-34(19-11-6-12-20-34)26-14-8-5-9-15-26)37-32(39)22-28-25(2)36-30-18-17-27(41-3)21-29(28)30/h5,8-9,14-15,17-18,21,31,36H,4,6-7,10-13,16,19-20,22-23H2,1-3H3,(H,35,40)(H,37,39)/t31-/m0/s1. The van der Waals surface area contributed by atoms with Crippen molar-refractivity contribution in [3.8, 4) is 5.75 Å². The number of ether oxygens (including phenoxy) is 1. The van der Waals surface area contributed by atoms with E-state index in [1.54, 1.807) is 14.0 Å². The quantitative estimate of drug-likeness (QED) is 0.209. The molecule has 1 saturated carbocycles. The molecule has 0 unspecified atom stereocenters. The highest BCUT2D eigenvalue weighted by Gasteiger charge is 2.35. The number of benzene rings is 2. The van der Waals surface area contributed by atoms with Crippen molar-refractivity contribution in [3.05, 3.63) is 65.4 Å². The number of hydrogen-bond donors (Lipinski definition) is 3. The highest BCUT2D eigenvalue weighted by atomic mass is 16.5. The summed E-state index contributed by atoms with van der Waals surface area (Å²) in [5.41, 5.74) is 3.98. The third-order valence-electron chi connectivity index (χ3n) is 8.64. The Morgan fingerprint density at radius 3 is 2.46 bits per heavy atom. The van der Waals surface area contributed by atoms with Crippen molar-refractivity contribution >= 4 is 28.5 Å². The molecular formula is C34H45N3O4. The largest absolute Gasteiger partial charge is 0.497 e. The number of amides is 2. The Labute approximate surface area is 243 Å². The van der Waals surface area contributed by atoms with Gasteiger partial charge >= 0.3 is 0 Å². The summed E-state index contributed by atoms with van der Waals surface area (Å²) >= 11 is 0. The molecule has 41 heavy (non-hydrogen) atoms. The minimum absolute atomic E-state index is 0.0780. The number of aromatic nitrogens is 1. The van der Waals surface area contributed by atoms with Crippen molar-refractivity contribution < 1.29 is 19.1 Å². The van der Waals surface area contributed by atoms with Crippen LogP contribution < -0.4 is 15.4 Å². The Balaban J connectivity index is 1.46. The molecule has 1 aliphatic carbocycles. The van der Waals surface area contributed by atoms with E-state index in [0.29, 0.717) is 19.4 Å². The first-order chi connectivity index (χ1) is 19.8. The van der Waals surface area contributed by atoms with E-state index in [2.05, 4.69) is 39.9 Å². The molecule has 0 bridgehead atoms. The first-order valence-electron chi connectivity index (χ1n) is 15.1. The van der Waals surface area contributed by atoms with E-state index in [4.69, 9.17) is 4.74 Å². The maximum atomic E-state index is 13.6. The smallest absolute Gasteiger partial charge is 0.242 e. The Hall–Kier alpha value is -3.61. The molecule has 2 aromatic carbocycles. The average Bonchev–Trinajstić information content (AvgIpc) is 3.29. The second-order valence-corrected chi connectivity index (χ2v) is 11.7. The van der Waals surface area contributed by atoms with Crippen LogP contribution in [0.1, 0.15) is 88.0 Å². The van der Waals surface area contributed by atoms with Crippen LogP contribution in [-0.4, -0.2) is 42.3 Å². The lowest BCUT2D eigenvalue weighted by atomic mass is 9.69. The summed E-state index contributed by atoms with van der Waals surface area (Å²) < 4.78 is 5.39. The van der Waals surface area contributed by atoms with Crippen molar-refractivity contribution in [1.29, 1.82) is 0 Å². The normalized spacial score (nSPS) is 15.3. The van der Waals surface area contributed by atoms with Crippen LogP contribution in [0.3, 0.4) is 0 Å². The second kappa shape index (κ2) is 14.3. The minimum atomic E-state index is -0.628. The number of aryl methyl sites for hydroxylation is 1. The fourth-order valence-corrected chi connectivity index (χ4v) is 6.26. The number of carbonyl (C=O) groups excluding carboxylic acids is 3. The lowest BCUT2D eigenvalue weighted by Crippen LogP contribution is -2.51. The van der Waals surface area contributed by atoms with E-state index in [1.165, 1.54) is 12.0 Å². The van der Waals surface area contributed by atoms with Gasteiger partial charge in [0.15, 0.2) is 0 Å². The molecule has 0 spiro atoms. The summed E-state index contributed by atoms with van der Waals surface area (Å²) in [6, 6.07) is 15.7. The molecule has 7 heteroatoms. The fourth-order valence-electron chi connectivity index (χ4n) is 6.26. The predicted molar refractivity (Wildman–Crippen MR) is 163 cm³/mol. The van der Waals surface area contributed by atoms with Gasteiger partial charge in [-0.25, -0.2) is 0 Å². The van der Waals surface area contributed by atoms with E-state index in [0.717, 1.165) is 72.9 Å². The van der Waals surface area contributed by atoms with Crippen LogP contribution in [0.2, 0.25) is 0 Å². The Morgan fingerprint density at radius 2 is 1.76 bits per heavy atom. The first-order valence-corrected chi connectivity index (χ1v) is 15.1. The monoisotopic (exact) mass is 559 g/mol. The zero-order valence-corrected chi connectivity index (χ0v) is 24.8. The van der Waals surface area contributed by atoms with Crippen LogP contribution >= 0.6 is 0 Å². The maximum absolute atomic E-state index is 13.6. The highest BCUT2D eigenvalue weighted by molar-refractivity contribution is 5.93. The number of unbranched alkanes of at least 4 members (excludes halogenated alkanes) is 2. The second-order valence-electron chi connectivity index (χ2n) is 11.7. The zero-order chi connectivity index (χ0) is 29.2. The molecule has 0 aliphatic heterocycles. The molecule has 2 amide bonds. The van der Waals surface area contributed by atoms with Crippen LogP contribution in [-0.2, 0) is 26.2 Å². The molecule has 1 fully saturated rings. The molecule has 4 rings (SSSR count). The number of aromatic amines is 1. The molecular weight excluding hydrogens is 514 g/mol. The molecule has 7 nitrogen and oxygen atoms in total. The molecule has 3 aromatic rings. The first kappa shape index (κ1) is 30.4. The van der Waals surface area contributed by atoms with Crippen LogP contribution in [0.15, 0.2) is 48.5 Å². The van der Waals surface area contributed by atoms with Gasteiger partial charge in [0.05, 0.1) is 13.5 Å². The van der Waals surface area contributed by atoms with Gasteiger partial charge in [0.1, 0.15) is 17.6 Å². The number of ketones is 1. The third kappa shape index (κ3) is 7.99. The summed E-state index contributed by atoms with van der Waals surface area (Å²) in [5.74, 6) is 0.590. The number of fused-ring (bicyclic) bond motifs is 1. The van der Waals surface area contributed by atoms with Gasteiger partial charge in [0.25, 0.3) is 0 Å². The van der Waals surface area contributed by atoms with Gasteiger partial charge in [-0.05, 0) is 68.9 Å². The average molecular weight is 560 g/mol. The van der Waals surface area contributed by atoms with Crippen LogP contribution in [0.5, 0.6) is 5.75 Å². The lowest BCUT2D eigenvalue weighted by molar-refractivity contribution is -0.129. The summed E-state index contributed by atoms with van der Waals surface area (Å²) in [6.45, 7) is 4.13. The van der Waals surface area contributed by atoms with E-state index >= 15 is 0 Å². The van der Waals surface area contributed by atoms with Crippen molar-refractivity contribution in [1.82, 2.24) is 15.6 Å². The summed E-state index contributed by atoms with van der Waals surface area (Å²) in [4.78, 5) is 41.7. The van der Waals surface area contributed by atoms with Gasteiger partial charge in [0.2, 0.25) is 11.8 Å². The number of nitrogens with one attached hydrogen (secondary N) is 3. The number of hydrogen-bond acceptors (Lipinski definition) is 4. The molecule has 3 N–H and O–H groups in total. The molecule has 220 valence electrons. The van der Waals surface area contributed by atoms with Gasteiger partial charge in [-0.2, -0.15) is 0 Å². The SMILES string of the molecule is COc1ccc2[nH]c(C)c(CC(=O)N[C@@H](CCCCCC(C)=O)C(=O)NCC3(c4ccccc4)CCCCC3)c2c1. The van der Waals surface area contributed by atoms with E-state index < -0.39 is 6.04 Å². The van der Waals surface area contributed by atoms with Crippen molar-refractivity contribution in [2.45, 2.75) is 95.9 Å². The number of H-pyrrole nitrogens is 1. The summed E-state index contributed by atoms with van der Waals surface area (Å²) in [7, 11) is 1.63. The highest BCUT2D eigenvalue weighted by Crippen LogP contribution is 2.39. The van der Waals surface area contributed by atoms with Crippen molar-refractivity contribution in [3.63, 3.8) is 0 Å². The Kier molecular flexibility index (Phi) is 10.6. The minimum Gasteiger partial charge on any atom is -0.497 e. The number of Topliss-reactive ketones (excluding diaryl/α,β-unsaturated/α-hetero) is 1. The molecule has 1 aliphatic rings. The number of rotatable bonds is 14. The summed E-state index contributed by atoms with van der Waals surface area (Å²) in [6.07, 6.45) is 9.26. The molecule has 1 aromatic heterocycles. The van der Waals surface area contributed by atoms with E-state index in [1.807, 2.05) is 31.2 Å². The fraction of sp³-hybridized carbons (Fsp3) is 0.500. The molecule has 0 radical (unpaired) electrons. The van der Waals surface area contributed by atoms with E-state index in [-0.39, 0.29) is 29.4 Å². The molecule has 1 atom stereocenters.